The molecule has 1 amide bonds. The van der Waals surface area contributed by atoms with E-state index in [0.717, 1.165) is 16.0 Å². The summed E-state index contributed by atoms with van der Waals surface area (Å²) in [6.07, 6.45) is 1.82. The zero-order valence-electron chi connectivity index (χ0n) is 16.9. The monoisotopic (exact) mass is 445 g/mol. The normalized spacial score (nSPS) is 18.0. The molecule has 1 aliphatic rings. The number of amides is 1. The Bertz CT molecular complexity index is 1260. The number of carbonyl (C=O) groups is 1. The van der Waals surface area contributed by atoms with E-state index in [9.17, 15) is 18.0 Å². The molecular formula is C21H23N3O4S2. The van der Waals surface area contributed by atoms with Gasteiger partial charge in [-0.25, -0.2) is 13.4 Å². The summed E-state index contributed by atoms with van der Waals surface area (Å²) in [7, 11) is -3.15. The van der Waals surface area contributed by atoms with Crippen LogP contribution in [0.5, 0.6) is 0 Å². The van der Waals surface area contributed by atoms with Crippen molar-refractivity contribution in [3.63, 3.8) is 0 Å². The molecule has 1 atom stereocenters. The molecule has 0 bridgehead atoms. The van der Waals surface area contributed by atoms with Gasteiger partial charge < -0.3 is 4.90 Å². The minimum absolute atomic E-state index is 0.0411. The van der Waals surface area contributed by atoms with Crippen LogP contribution in [0, 0.1) is 13.8 Å². The van der Waals surface area contributed by atoms with Gasteiger partial charge in [0.25, 0.3) is 5.56 Å². The highest BCUT2D eigenvalue weighted by Gasteiger charge is 2.34. The molecule has 1 fully saturated rings. The number of sulfone groups is 1. The van der Waals surface area contributed by atoms with Crippen LogP contribution in [-0.2, 0) is 27.7 Å². The molecule has 4 rings (SSSR count). The molecule has 0 unspecified atom stereocenters. The third-order valence-electron chi connectivity index (χ3n) is 5.63. The third-order valence-corrected chi connectivity index (χ3v) is 8.49. The van der Waals surface area contributed by atoms with Crippen molar-refractivity contribution in [2.75, 3.05) is 11.5 Å². The summed E-state index contributed by atoms with van der Waals surface area (Å²) in [6.45, 7) is 3.97. The largest absolute Gasteiger partial charge is 0.333 e. The van der Waals surface area contributed by atoms with Crippen LogP contribution in [-0.4, -0.2) is 46.3 Å². The lowest BCUT2D eigenvalue weighted by Crippen LogP contribution is -2.43. The van der Waals surface area contributed by atoms with Crippen LogP contribution in [0.25, 0.3) is 10.2 Å². The minimum Gasteiger partial charge on any atom is -0.333 e. The van der Waals surface area contributed by atoms with Crippen LogP contribution in [0.2, 0.25) is 0 Å². The summed E-state index contributed by atoms with van der Waals surface area (Å²) < 4.78 is 25.4. The van der Waals surface area contributed by atoms with Crippen molar-refractivity contribution in [1.29, 1.82) is 0 Å². The van der Waals surface area contributed by atoms with E-state index >= 15 is 0 Å². The number of nitrogens with zero attached hydrogens (tertiary/aromatic N) is 3. The van der Waals surface area contributed by atoms with Crippen LogP contribution in [0.15, 0.2) is 41.5 Å². The predicted octanol–water partition coefficient (Wildman–Crippen LogP) is 2.29. The minimum atomic E-state index is -3.15. The number of hydrogen-bond acceptors (Lipinski definition) is 6. The van der Waals surface area contributed by atoms with Crippen molar-refractivity contribution in [3.05, 3.63) is 63.0 Å². The van der Waals surface area contributed by atoms with Crippen LogP contribution < -0.4 is 5.56 Å². The molecule has 0 radical (unpaired) electrons. The second kappa shape index (κ2) is 7.96. The lowest BCUT2D eigenvalue weighted by molar-refractivity contribution is -0.134. The van der Waals surface area contributed by atoms with Crippen molar-refractivity contribution < 1.29 is 13.2 Å². The van der Waals surface area contributed by atoms with E-state index in [2.05, 4.69) is 4.98 Å². The number of aromatic nitrogens is 2. The van der Waals surface area contributed by atoms with E-state index < -0.39 is 9.84 Å². The van der Waals surface area contributed by atoms with Crippen molar-refractivity contribution in [2.24, 2.45) is 0 Å². The number of benzene rings is 1. The smallest absolute Gasteiger partial charge is 0.262 e. The van der Waals surface area contributed by atoms with E-state index in [1.165, 1.54) is 22.2 Å². The Hall–Kier alpha value is -2.52. The molecular weight excluding hydrogens is 422 g/mol. The number of hydrogen-bond donors (Lipinski definition) is 0. The van der Waals surface area contributed by atoms with Gasteiger partial charge in [0, 0.05) is 17.5 Å². The average Bonchev–Trinajstić information content (AvgIpc) is 3.21. The van der Waals surface area contributed by atoms with Crippen molar-refractivity contribution in [3.8, 4) is 0 Å². The first kappa shape index (κ1) is 20.7. The molecule has 30 heavy (non-hydrogen) atoms. The van der Waals surface area contributed by atoms with Gasteiger partial charge in [-0.3, -0.25) is 14.2 Å². The Morgan fingerprint density at radius 1 is 1.27 bits per heavy atom. The van der Waals surface area contributed by atoms with Crippen LogP contribution in [0.4, 0.5) is 0 Å². The first-order valence-electron chi connectivity index (χ1n) is 9.74. The van der Waals surface area contributed by atoms with Crippen LogP contribution >= 0.6 is 11.3 Å². The Labute approximate surface area is 178 Å². The van der Waals surface area contributed by atoms with E-state index in [-0.39, 0.29) is 35.6 Å². The number of thiophene rings is 1. The van der Waals surface area contributed by atoms with Crippen molar-refractivity contribution >= 4 is 37.3 Å². The fourth-order valence-corrected chi connectivity index (χ4v) is 6.56. The summed E-state index contributed by atoms with van der Waals surface area (Å²) >= 11 is 1.46. The fraction of sp³-hybridized carbons (Fsp3) is 0.381. The SMILES string of the molecule is Cc1sc2ncn(CC(=O)N(Cc3ccccc3)[C@@H]3CCS(=O)(=O)C3)c(=O)c2c1C. The summed E-state index contributed by atoms with van der Waals surface area (Å²) in [5.41, 5.74) is 1.56. The van der Waals surface area contributed by atoms with Crippen LogP contribution in [0.1, 0.15) is 22.4 Å². The Balaban J connectivity index is 1.65. The molecule has 0 aliphatic carbocycles. The molecule has 158 valence electrons. The zero-order chi connectivity index (χ0) is 21.5. The maximum atomic E-state index is 13.2. The summed E-state index contributed by atoms with van der Waals surface area (Å²) in [4.78, 5) is 33.9. The zero-order valence-corrected chi connectivity index (χ0v) is 18.5. The molecule has 7 nitrogen and oxygen atoms in total. The molecule has 3 aromatic rings. The van der Waals surface area contributed by atoms with E-state index in [1.807, 2.05) is 44.2 Å². The van der Waals surface area contributed by atoms with Gasteiger partial charge in [-0.05, 0) is 31.4 Å². The van der Waals surface area contributed by atoms with Gasteiger partial charge in [-0.15, -0.1) is 11.3 Å². The second-order valence-electron chi connectivity index (χ2n) is 7.71. The van der Waals surface area contributed by atoms with E-state index in [0.29, 0.717) is 23.2 Å². The van der Waals surface area contributed by atoms with Gasteiger partial charge in [-0.1, -0.05) is 30.3 Å². The molecule has 1 aromatic carbocycles. The highest BCUT2D eigenvalue weighted by molar-refractivity contribution is 7.91. The van der Waals surface area contributed by atoms with Gasteiger partial charge in [0.05, 0.1) is 23.2 Å². The van der Waals surface area contributed by atoms with E-state index in [4.69, 9.17) is 0 Å². The first-order valence-corrected chi connectivity index (χ1v) is 12.4. The number of carbonyl (C=O) groups excluding carboxylic acids is 1. The molecule has 0 N–H and O–H groups in total. The second-order valence-corrected chi connectivity index (χ2v) is 11.1. The van der Waals surface area contributed by atoms with Gasteiger partial charge in [-0.2, -0.15) is 0 Å². The summed E-state index contributed by atoms with van der Waals surface area (Å²) in [5.74, 6) is -0.244. The summed E-state index contributed by atoms with van der Waals surface area (Å²) in [6, 6.07) is 9.07. The lowest BCUT2D eigenvalue weighted by Gasteiger charge is -2.28. The first-order chi connectivity index (χ1) is 14.2. The molecule has 9 heteroatoms. The standard InChI is InChI=1S/C21H23N3O4S2/c1-14-15(2)29-20-19(14)21(26)23(13-22-20)11-18(25)24(10-16-6-4-3-5-7-16)17-8-9-30(27,28)12-17/h3-7,13,17H,8-12H2,1-2H3/t17-/m1/s1. The molecule has 0 spiro atoms. The average molecular weight is 446 g/mol. The van der Waals surface area contributed by atoms with Gasteiger partial charge in [0.15, 0.2) is 9.84 Å². The Kier molecular flexibility index (Phi) is 5.50. The molecule has 3 heterocycles. The molecule has 1 saturated heterocycles. The maximum absolute atomic E-state index is 13.2. The number of rotatable bonds is 5. The van der Waals surface area contributed by atoms with Gasteiger partial charge in [0.2, 0.25) is 5.91 Å². The fourth-order valence-electron chi connectivity index (χ4n) is 3.84. The number of fused-ring (bicyclic) bond motifs is 1. The maximum Gasteiger partial charge on any atom is 0.262 e. The molecule has 1 aliphatic heterocycles. The van der Waals surface area contributed by atoms with E-state index in [1.54, 1.807) is 4.90 Å². The van der Waals surface area contributed by atoms with Crippen molar-refractivity contribution in [2.45, 2.75) is 39.4 Å². The predicted molar refractivity (Wildman–Crippen MR) is 117 cm³/mol. The Morgan fingerprint density at radius 3 is 2.67 bits per heavy atom. The Morgan fingerprint density at radius 2 is 2.00 bits per heavy atom. The van der Waals surface area contributed by atoms with Crippen LogP contribution in [0.3, 0.4) is 0 Å². The summed E-state index contributed by atoms with van der Waals surface area (Å²) in [5, 5.41) is 0.547. The van der Waals surface area contributed by atoms with Gasteiger partial charge >= 0.3 is 0 Å². The van der Waals surface area contributed by atoms with Gasteiger partial charge in [0.1, 0.15) is 11.4 Å². The lowest BCUT2D eigenvalue weighted by atomic mass is 10.1. The topological polar surface area (TPSA) is 89.3 Å². The quantitative estimate of drug-likeness (QED) is 0.601. The third kappa shape index (κ3) is 4.04. The number of aryl methyl sites for hydroxylation is 2. The van der Waals surface area contributed by atoms with Crippen molar-refractivity contribution in [1.82, 2.24) is 14.5 Å². The molecule has 0 saturated carbocycles. The molecule has 2 aromatic heterocycles. The highest BCUT2D eigenvalue weighted by atomic mass is 32.2. The highest BCUT2D eigenvalue weighted by Crippen LogP contribution is 2.25.